The Morgan fingerprint density at radius 1 is 1.23 bits per heavy atom. The molecule has 136 valence electrons. The van der Waals surface area contributed by atoms with Gasteiger partial charge in [0.15, 0.2) is 9.84 Å². The number of benzene rings is 2. The summed E-state index contributed by atoms with van der Waals surface area (Å²) in [6.07, 6.45) is 1.08. The Balaban J connectivity index is 1.88. The molecule has 2 aromatic carbocycles. The maximum Gasteiger partial charge on any atom is 0.255 e. The van der Waals surface area contributed by atoms with Crippen LogP contribution >= 0.6 is 23.4 Å². The molecular formula is C17H15ClN2O4S2. The second-order valence-electron chi connectivity index (χ2n) is 5.83. The molecule has 0 saturated carbocycles. The van der Waals surface area contributed by atoms with Crippen molar-refractivity contribution in [3.63, 3.8) is 0 Å². The Kier molecular flexibility index (Phi) is 5.01. The molecule has 9 heteroatoms. The second kappa shape index (κ2) is 6.94. The van der Waals surface area contributed by atoms with E-state index in [0.29, 0.717) is 11.3 Å². The van der Waals surface area contributed by atoms with Gasteiger partial charge in [0.05, 0.1) is 26.5 Å². The Morgan fingerprint density at radius 3 is 2.65 bits per heavy atom. The molecule has 3 rings (SSSR count). The first-order chi connectivity index (χ1) is 12.1. The summed E-state index contributed by atoms with van der Waals surface area (Å²) in [7, 11) is -3.43. The van der Waals surface area contributed by atoms with Gasteiger partial charge in [0.25, 0.3) is 5.91 Å². The summed E-state index contributed by atoms with van der Waals surface area (Å²) >= 11 is 7.48. The lowest BCUT2D eigenvalue weighted by Crippen LogP contribution is -2.26. The fourth-order valence-electron chi connectivity index (χ4n) is 2.38. The number of carbonyl (C=O) groups excluding carboxylic acids is 2. The van der Waals surface area contributed by atoms with Crippen LogP contribution in [0.3, 0.4) is 0 Å². The molecule has 1 heterocycles. The Morgan fingerprint density at radius 2 is 1.96 bits per heavy atom. The zero-order valence-electron chi connectivity index (χ0n) is 13.9. The van der Waals surface area contributed by atoms with Gasteiger partial charge in [0.1, 0.15) is 0 Å². The number of fused-ring (bicyclic) bond motifs is 1. The lowest BCUT2D eigenvalue weighted by atomic mass is 10.1. The first-order valence-electron chi connectivity index (χ1n) is 7.57. The molecule has 6 nitrogen and oxygen atoms in total. The van der Waals surface area contributed by atoms with E-state index < -0.39 is 15.7 Å². The Bertz CT molecular complexity index is 1020. The van der Waals surface area contributed by atoms with E-state index in [9.17, 15) is 18.0 Å². The minimum Gasteiger partial charge on any atom is -0.324 e. The summed E-state index contributed by atoms with van der Waals surface area (Å²) in [4.78, 5) is 25.3. The number of anilines is 2. The van der Waals surface area contributed by atoms with Crippen LogP contribution in [0, 0.1) is 0 Å². The van der Waals surface area contributed by atoms with E-state index in [0.717, 1.165) is 11.2 Å². The topological polar surface area (TPSA) is 92.3 Å². The van der Waals surface area contributed by atoms with Crippen molar-refractivity contribution in [2.24, 2.45) is 0 Å². The normalized spacial score (nSPS) is 16.6. The van der Waals surface area contributed by atoms with Crippen molar-refractivity contribution in [2.45, 2.75) is 22.0 Å². The molecular weight excluding hydrogens is 396 g/mol. The zero-order chi connectivity index (χ0) is 19.1. The van der Waals surface area contributed by atoms with Gasteiger partial charge < -0.3 is 10.6 Å². The fourth-order valence-corrected chi connectivity index (χ4v) is 4.12. The molecule has 0 saturated heterocycles. The number of hydrogen-bond acceptors (Lipinski definition) is 5. The molecule has 0 radical (unpaired) electrons. The van der Waals surface area contributed by atoms with E-state index in [1.165, 1.54) is 30.0 Å². The standard InChI is InChI=1S/C17H15ClN2O4S2/c1-9-16(21)20-14-7-10(3-6-15(14)25-9)17(22)19-13-8-11(26(2,23)24)4-5-12(13)18/h3-9H,1-2H3,(H,19,22)(H,20,21)/t9-/m1/s1. The van der Waals surface area contributed by atoms with E-state index in [1.54, 1.807) is 25.1 Å². The van der Waals surface area contributed by atoms with Crippen molar-refractivity contribution >= 4 is 56.4 Å². The number of amides is 2. The maximum absolute atomic E-state index is 12.5. The fraction of sp³-hybridized carbons (Fsp3) is 0.176. The summed E-state index contributed by atoms with van der Waals surface area (Å²) in [5.41, 5.74) is 1.09. The van der Waals surface area contributed by atoms with Gasteiger partial charge in [0.2, 0.25) is 5.91 Å². The SMILES string of the molecule is C[C@H]1Sc2ccc(C(=O)Nc3cc(S(C)(=O)=O)ccc3Cl)cc2NC1=O. The lowest BCUT2D eigenvalue weighted by Gasteiger charge is -2.21. The van der Waals surface area contributed by atoms with Crippen molar-refractivity contribution in [3.8, 4) is 0 Å². The Hall–Kier alpha value is -2.03. The molecule has 1 aliphatic rings. The molecule has 2 N–H and O–H groups in total. The number of sulfone groups is 1. The van der Waals surface area contributed by atoms with Gasteiger partial charge in [-0.2, -0.15) is 0 Å². The lowest BCUT2D eigenvalue weighted by molar-refractivity contribution is -0.115. The largest absolute Gasteiger partial charge is 0.324 e. The van der Waals surface area contributed by atoms with Crippen molar-refractivity contribution in [1.82, 2.24) is 0 Å². The van der Waals surface area contributed by atoms with Crippen LogP contribution in [0.25, 0.3) is 0 Å². The quantitative estimate of drug-likeness (QED) is 0.808. The highest BCUT2D eigenvalue weighted by atomic mass is 35.5. The number of rotatable bonds is 3. The monoisotopic (exact) mass is 410 g/mol. The molecule has 2 aromatic rings. The van der Waals surface area contributed by atoms with Gasteiger partial charge in [-0.3, -0.25) is 9.59 Å². The van der Waals surface area contributed by atoms with Gasteiger partial charge in [-0.25, -0.2) is 8.42 Å². The van der Waals surface area contributed by atoms with Crippen molar-refractivity contribution in [1.29, 1.82) is 0 Å². The summed E-state index contributed by atoms with van der Waals surface area (Å²) in [6.45, 7) is 1.81. The highest BCUT2D eigenvalue weighted by Gasteiger charge is 2.24. The minimum absolute atomic E-state index is 0.0558. The number of hydrogen-bond donors (Lipinski definition) is 2. The van der Waals surface area contributed by atoms with Crippen LogP contribution in [-0.2, 0) is 14.6 Å². The summed E-state index contributed by atoms with van der Waals surface area (Å²) in [5.74, 6) is -0.581. The first-order valence-corrected chi connectivity index (χ1v) is 10.7. The second-order valence-corrected chi connectivity index (χ2v) is 9.63. The number of carbonyl (C=O) groups is 2. The van der Waals surface area contributed by atoms with Crippen LogP contribution in [0.4, 0.5) is 11.4 Å². The third-order valence-corrected chi connectivity index (χ3v) is 6.40. The van der Waals surface area contributed by atoms with Crippen molar-refractivity contribution in [2.75, 3.05) is 16.9 Å². The molecule has 26 heavy (non-hydrogen) atoms. The van der Waals surface area contributed by atoms with Gasteiger partial charge >= 0.3 is 0 Å². The highest BCUT2D eigenvalue weighted by Crippen LogP contribution is 2.36. The van der Waals surface area contributed by atoms with Crippen LogP contribution in [0.5, 0.6) is 0 Å². The van der Waals surface area contributed by atoms with Gasteiger partial charge in [-0.05, 0) is 43.3 Å². The van der Waals surface area contributed by atoms with E-state index >= 15 is 0 Å². The average molecular weight is 411 g/mol. The number of thioether (sulfide) groups is 1. The van der Waals surface area contributed by atoms with Crippen LogP contribution < -0.4 is 10.6 Å². The third-order valence-electron chi connectivity index (χ3n) is 3.79. The molecule has 0 unspecified atom stereocenters. The average Bonchev–Trinajstić information content (AvgIpc) is 2.56. The van der Waals surface area contributed by atoms with E-state index in [2.05, 4.69) is 10.6 Å². The molecule has 0 aromatic heterocycles. The molecule has 0 spiro atoms. The van der Waals surface area contributed by atoms with Gasteiger partial charge in [-0.1, -0.05) is 11.6 Å². The molecule has 1 aliphatic heterocycles. The van der Waals surface area contributed by atoms with Gasteiger partial charge in [-0.15, -0.1) is 11.8 Å². The van der Waals surface area contributed by atoms with Crippen molar-refractivity contribution < 1.29 is 18.0 Å². The van der Waals surface area contributed by atoms with Crippen LogP contribution in [-0.4, -0.2) is 31.7 Å². The highest BCUT2D eigenvalue weighted by molar-refractivity contribution is 8.01. The van der Waals surface area contributed by atoms with E-state index in [4.69, 9.17) is 11.6 Å². The van der Waals surface area contributed by atoms with Crippen LogP contribution in [0.2, 0.25) is 5.02 Å². The zero-order valence-corrected chi connectivity index (χ0v) is 16.3. The van der Waals surface area contributed by atoms with Crippen LogP contribution in [0.15, 0.2) is 46.2 Å². The molecule has 0 fully saturated rings. The third kappa shape index (κ3) is 3.87. The van der Waals surface area contributed by atoms with Crippen LogP contribution in [0.1, 0.15) is 17.3 Å². The molecule has 2 amide bonds. The molecule has 1 atom stereocenters. The summed E-state index contributed by atoms with van der Waals surface area (Å²) in [5, 5.41) is 5.40. The maximum atomic E-state index is 12.5. The van der Waals surface area contributed by atoms with E-state index in [1.807, 2.05) is 0 Å². The predicted molar refractivity (Wildman–Crippen MR) is 103 cm³/mol. The Labute approximate surface area is 160 Å². The predicted octanol–water partition coefficient (Wildman–Crippen LogP) is 3.43. The number of halogens is 1. The van der Waals surface area contributed by atoms with Crippen molar-refractivity contribution in [3.05, 3.63) is 47.0 Å². The minimum atomic E-state index is -3.43. The summed E-state index contributed by atoms with van der Waals surface area (Å²) < 4.78 is 23.3. The van der Waals surface area contributed by atoms with Gasteiger partial charge in [0, 0.05) is 16.7 Å². The molecule has 0 bridgehead atoms. The molecule has 0 aliphatic carbocycles. The number of nitrogens with one attached hydrogen (secondary N) is 2. The summed E-state index contributed by atoms with van der Waals surface area (Å²) in [6, 6.07) is 9.08. The smallest absolute Gasteiger partial charge is 0.255 e. The van der Waals surface area contributed by atoms with E-state index in [-0.39, 0.29) is 26.8 Å². The first kappa shape index (κ1) is 18.8.